The molecule has 0 aliphatic heterocycles. The quantitative estimate of drug-likeness (QED) is 0.329. The molecule has 4 aromatic rings. The molecule has 0 fully saturated rings. The molecule has 0 spiro atoms. The van der Waals surface area contributed by atoms with E-state index >= 15 is 4.39 Å². The van der Waals surface area contributed by atoms with Gasteiger partial charge in [-0.05, 0) is 42.5 Å². The molecule has 3 aromatic carbocycles. The standard InChI is InChI=1S/C24H18F2N4O3/c25-22-17(7-4-8-20(22)30(26)24(33)15-5-2-1-3-6-15)23(32)16-9-10-18-19(13-16)29-21(14-28-18)27-11-12-31/h1-10,13-14,31H,11-12H2,(H,27,29). The monoisotopic (exact) mass is 448 g/mol. The van der Waals surface area contributed by atoms with Crippen molar-refractivity contribution in [3.8, 4) is 0 Å². The van der Waals surface area contributed by atoms with Gasteiger partial charge in [-0.25, -0.2) is 9.37 Å². The fraction of sp³-hybridized carbons (Fsp3) is 0.0833. The molecule has 0 bridgehead atoms. The number of hydrogen-bond donors (Lipinski definition) is 2. The van der Waals surface area contributed by atoms with Crippen LogP contribution in [0.2, 0.25) is 0 Å². The van der Waals surface area contributed by atoms with Crippen LogP contribution >= 0.6 is 0 Å². The molecule has 0 atom stereocenters. The number of fused-ring (bicyclic) bond motifs is 1. The van der Waals surface area contributed by atoms with E-state index in [0.29, 0.717) is 16.9 Å². The number of nitrogens with one attached hydrogen (secondary N) is 1. The summed E-state index contributed by atoms with van der Waals surface area (Å²) < 4.78 is 29.9. The fourth-order valence-electron chi connectivity index (χ4n) is 3.23. The third kappa shape index (κ3) is 4.53. The minimum Gasteiger partial charge on any atom is -0.395 e. The highest BCUT2D eigenvalue weighted by Gasteiger charge is 2.25. The van der Waals surface area contributed by atoms with Gasteiger partial charge in [-0.15, -0.1) is 5.12 Å². The van der Waals surface area contributed by atoms with E-state index in [9.17, 15) is 14.1 Å². The summed E-state index contributed by atoms with van der Waals surface area (Å²) in [7, 11) is 0. The second-order valence-corrected chi connectivity index (χ2v) is 7.03. The lowest BCUT2D eigenvalue weighted by atomic mass is 10.0. The number of halogens is 2. The number of nitrogens with zero attached hydrogens (tertiary/aromatic N) is 3. The number of amides is 1. The van der Waals surface area contributed by atoms with Crippen molar-refractivity contribution in [1.82, 2.24) is 9.97 Å². The molecule has 1 aromatic heterocycles. The van der Waals surface area contributed by atoms with Crippen LogP contribution in [0.25, 0.3) is 11.0 Å². The van der Waals surface area contributed by atoms with E-state index in [1.807, 2.05) is 0 Å². The lowest BCUT2D eigenvalue weighted by Gasteiger charge is -2.14. The van der Waals surface area contributed by atoms with Gasteiger partial charge in [0, 0.05) is 17.7 Å². The Kier molecular flexibility index (Phi) is 6.32. The van der Waals surface area contributed by atoms with Crippen LogP contribution in [0.3, 0.4) is 0 Å². The average Bonchev–Trinajstić information content (AvgIpc) is 2.86. The second kappa shape index (κ2) is 9.49. The SMILES string of the molecule is O=C(c1ccc2ncc(NCCO)nc2c1)c1cccc(N(F)C(=O)c2ccccc2)c1F. The molecular weight excluding hydrogens is 430 g/mol. The minimum atomic E-state index is -1.15. The zero-order valence-corrected chi connectivity index (χ0v) is 17.2. The van der Waals surface area contributed by atoms with E-state index in [1.165, 1.54) is 42.6 Å². The third-order valence-corrected chi connectivity index (χ3v) is 4.86. The number of ketones is 1. The van der Waals surface area contributed by atoms with E-state index < -0.39 is 28.8 Å². The van der Waals surface area contributed by atoms with Crippen LogP contribution in [-0.2, 0) is 0 Å². The molecule has 0 aliphatic carbocycles. The first kappa shape index (κ1) is 22.0. The van der Waals surface area contributed by atoms with Crippen LogP contribution in [0.5, 0.6) is 0 Å². The van der Waals surface area contributed by atoms with Crippen molar-refractivity contribution in [2.24, 2.45) is 0 Å². The zero-order chi connectivity index (χ0) is 23.4. The van der Waals surface area contributed by atoms with Crippen LogP contribution in [0.4, 0.5) is 20.4 Å². The molecule has 166 valence electrons. The molecule has 0 radical (unpaired) electrons. The lowest BCUT2D eigenvalue weighted by Crippen LogP contribution is -2.23. The molecule has 0 aliphatic rings. The van der Waals surface area contributed by atoms with E-state index in [1.54, 1.807) is 24.3 Å². The van der Waals surface area contributed by atoms with E-state index in [2.05, 4.69) is 15.3 Å². The summed E-state index contributed by atoms with van der Waals surface area (Å²) in [5.41, 5.74) is -0.00381. The van der Waals surface area contributed by atoms with Crippen molar-refractivity contribution in [2.75, 3.05) is 23.6 Å². The van der Waals surface area contributed by atoms with Gasteiger partial charge in [0.25, 0.3) is 5.91 Å². The number of aliphatic hydroxyl groups is 1. The number of hydrogen-bond acceptors (Lipinski definition) is 6. The number of aliphatic hydroxyl groups excluding tert-OH is 1. The van der Waals surface area contributed by atoms with Gasteiger partial charge in [-0.3, -0.25) is 14.6 Å². The maximum absolute atomic E-state index is 15.1. The topological polar surface area (TPSA) is 95.4 Å². The Labute approximate surface area is 187 Å². The maximum atomic E-state index is 15.1. The number of rotatable bonds is 7. The second-order valence-electron chi connectivity index (χ2n) is 7.03. The highest BCUT2D eigenvalue weighted by atomic mass is 19.2. The van der Waals surface area contributed by atoms with E-state index in [-0.39, 0.29) is 29.4 Å². The van der Waals surface area contributed by atoms with Crippen molar-refractivity contribution >= 4 is 34.2 Å². The number of carbonyl (C=O) groups is 2. The molecule has 7 nitrogen and oxygen atoms in total. The normalized spacial score (nSPS) is 10.8. The van der Waals surface area contributed by atoms with Gasteiger partial charge < -0.3 is 10.4 Å². The van der Waals surface area contributed by atoms with Gasteiger partial charge >= 0.3 is 0 Å². The number of aromatic nitrogens is 2. The highest BCUT2D eigenvalue weighted by Crippen LogP contribution is 2.27. The molecule has 0 saturated heterocycles. The van der Waals surface area contributed by atoms with Gasteiger partial charge in [-0.1, -0.05) is 28.7 Å². The third-order valence-electron chi connectivity index (χ3n) is 4.86. The summed E-state index contributed by atoms with van der Waals surface area (Å²) >= 11 is 0. The Morgan fingerprint density at radius 2 is 1.76 bits per heavy atom. The van der Waals surface area contributed by atoms with Crippen LogP contribution in [0.15, 0.2) is 72.9 Å². The summed E-state index contributed by atoms with van der Waals surface area (Å²) in [5, 5.41) is 11.5. The van der Waals surface area contributed by atoms with Gasteiger partial charge in [0.15, 0.2) is 11.6 Å². The van der Waals surface area contributed by atoms with Crippen molar-refractivity contribution in [3.63, 3.8) is 0 Å². The molecule has 4 rings (SSSR count). The summed E-state index contributed by atoms with van der Waals surface area (Å²) in [6.07, 6.45) is 1.49. The lowest BCUT2D eigenvalue weighted by molar-refractivity contribution is 0.0928. The molecule has 1 amide bonds. The van der Waals surface area contributed by atoms with E-state index in [4.69, 9.17) is 5.11 Å². The summed E-state index contributed by atoms with van der Waals surface area (Å²) in [6.45, 7) is 0.185. The maximum Gasteiger partial charge on any atom is 0.286 e. The van der Waals surface area contributed by atoms with Crippen LogP contribution in [-0.4, -0.2) is 39.9 Å². The summed E-state index contributed by atoms with van der Waals surface area (Å²) in [5.74, 6) is -2.50. The summed E-state index contributed by atoms with van der Waals surface area (Å²) in [4.78, 5) is 33.9. The smallest absolute Gasteiger partial charge is 0.286 e. The van der Waals surface area contributed by atoms with Gasteiger partial charge in [0.2, 0.25) is 0 Å². The first-order chi connectivity index (χ1) is 16.0. The average molecular weight is 448 g/mol. The Hall–Kier alpha value is -4.24. The van der Waals surface area contributed by atoms with Gasteiger partial charge in [0.1, 0.15) is 11.5 Å². The van der Waals surface area contributed by atoms with Crippen LogP contribution in [0, 0.1) is 5.82 Å². The molecular formula is C24H18F2N4O3. The molecule has 0 unspecified atom stereocenters. The van der Waals surface area contributed by atoms with Crippen LogP contribution in [0.1, 0.15) is 26.3 Å². The highest BCUT2D eigenvalue weighted by molar-refractivity contribution is 6.12. The predicted octanol–water partition coefficient (Wildman–Crippen LogP) is 3.94. The Balaban J connectivity index is 1.66. The molecule has 33 heavy (non-hydrogen) atoms. The zero-order valence-electron chi connectivity index (χ0n) is 17.2. The number of carbonyl (C=O) groups excluding carboxylic acids is 2. The minimum absolute atomic E-state index is 0.0369. The van der Waals surface area contributed by atoms with Crippen molar-refractivity contribution < 1.29 is 23.6 Å². The molecule has 0 saturated carbocycles. The molecule has 2 N–H and O–H groups in total. The number of benzene rings is 3. The Bertz CT molecular complexity index is 1330. The Morgan fingerprint density at radius 1 is 0.970 bits per heavy atom. The Morgan fingerprint density at radius 3 is 2.52 bits per heavy atom. The predicted molar refractivity (Wildman–Crippen MR) is 119 cm³/mol. The first-order valence-corrected chi connectivity index (χ1v) is 9.99. The van der Waals surface area contributed by atoms with E-state index in [0.717, 1.165) is 6.07 Å². The van der Waals surface area contributed by atoms with Crippen molar-refractivity contribution in [2.45, 2.75) is 0 Å². The molecule has 1 heterocycles. The summed E-state index contributed by atoms with van der Waals surface area (Å²) in [6, 6.07) is 15.7. The van der Waals surface area contributed by atoms with Gasteiger partial charge in [0.05, 0.1) is 29.4 Å². The van der Waals surface area contributed by atoms with Crippen molar-refractivity contribution in [1.29, 1.82) is 0 Å². The fourth-order valence-corrected chi connectivity index (χ4v) is 3.23. The van der Waals surface area contributed by atoms with Crippen molar-refractivity contribution in [3.05, 3.63) is 95.4 Å². The first-order valence-electron chi connectivity index (χ1n) is 9.99. The molecule has 9 heteroatoms. The largest absolute Gasteiger partial charge is 0.395 e. The van der Waals surface area contributed by atoms with Gasteiger partial charge in [-0.2, -0.15) is 0 Å². The number of anilines is 2. The van der Waals surface area contributed by atoms with Crippen LogP contribution < -0.4 is 10.4 Å².